The van der Waals surface area contributed by atoms with Gasteiger partial charge in [0.05, 0.1) is 20.1 Å². The van der Waals surface area contributed by atoms with Crippen LogP contribution < -0.4 is 4.72 Å². The molecule has 0 bridgehead atoms. The van der Waals surface area contributed by atoms with Gasteiger partial charge in [0.15, 0.2) is 0 Å². The zero-order chi connectivity index (χ0) is 14.0. The van der Waals surface area contributed by atoms with Crippen LogP contribution in [0.15, 0.2) is 11.9 Å². The molecule has 1 aliphatic heterocycles. The van der Waals surface area contributed by atoms with E-state index in [1.165, 1.54) is 6.08 Å². The fourth-order valence-corrected chi connectivity index (χ4v) is 2.61. The molecule has 4 nitrogen and oxygen atoms in total. The van der Waals surface area contributed by atoms with Crippen LogP contribution in [0.2, 0.25) is 0 Å². The van der Waals surface area contributed by atoms with Gasteiger partial charge in [0.2, 0.25) is 5.82 Å². The van der Waals surface area contributed by atoms with Gasteiger partial charge >= 0.3 is 15.5 Å². The summed E-state index contributed by atoms with van der Waals surface area (Å²) < 4.78 is 61.0. The van der Waals surface area contributed by atoms with Crippen molar-refractivity contribution >= 4 is 10.0 Å². The first-order valence-electron chi connectivity index (χ1n) is 5.77. The van der Waals surface area contributed by atoms with Crippen LogP contribution in [-0.2, 0) is 10.0 Å². The van der Waals surface area contributed by atoms with Crippen molar-refractivity contribution in [3.8, 4) is 0 Å². The van der Waals surface area contributed by atoms with Crippen LogP contribution in [0.3, 0.4) is 0 Å². The molecule has 18 heavy (non-hydrogen) atoms. The molecule has 0 fully saturated rings. The molecular weight excluding hydrogens is 269 g/mol. The van der Waals surface area contributed by atoms with Gasteiger partial charge in [-0.1, -0.05) is 13.3 Å². The van der Waals surface area contributed by atoms with Crippen LogP contribution in [0.4, 0.5) is 13.2 Å². The van der Waals surface area contributed by atoms with Crippen LogP contribution in [0.1, 0.15) is 26.2 Å². The molecule has 0 saturated carbocycles. The van der Waals surface area contributed by atoms with E-state index in [1.807, 2.05) is 6.92 Å². The Bertz CT molecular complexity index is 431. The Morgan fingerprint density at radius 2 is 2.06 bits per heavy atom. The molecule has 0 aliphatic carbocycles. The van der Waals surface area contributed by atoms with Crippen molar-refractivity contribution in [2.45, 2.75) is 31.7 Å². The molecule has 106 valence electrons. The van der Waals surface area contributed by atoms with Gasteiger partial charge in [0.25, 0.3) is 0 Å². The normalized spacial score (nSPS) is 25.1. The third-order valence-electron chi connectivity index (χ3n) is 3.09. The van der Waals surface area contributed by atoms with Gasteiger partial charge in [-0.2, -0.15) is 21.6 Å². The highest BCUT2D eigenvalue weighted by molar-refractivity contribution is 7.90. The fraction of sp³-hybridized carbons (Fsp3) is 0.800. The molecule has 0 amide bonds. The molecule has 0 saturated heterocycles. The average molecular weight is 287 g/mol. The van der Waals surface area contributed by atoms with Crippen LogP contribution >= 0.6 is 0 Å². The molecule has 1 rings (SSSR count). The minimum Gasteiger partial charge on any atom is -0.278 e. The average Bonchev–Trinajstić information content (AvgIpc) is 2.56. The molecule has 8 heteroatoms. The largest absolute Gasteiger partial charge is 0.516 e. The SMILES string of the molecule is CCCC[N+]1(C)CCC=C1NS(=O)(=O)C(F)(F)F. The van der Waals surface area contributed by atoms with E-state index in [4.69, 9.17) is 0 Å². The number of sulfonamides is 1. The summed E-state index contributed by atoms with van der Waals surface area (Å²) in [5.74, 6) is 0.126. The van der Waals surface area contributed by atoms with Crippen molar-refractivity contribution in [3.05, 3.63) is 11.9 Å². The predicted molar refractivity (Wildman–Crippen MR) is 61.6 cm³/mol. The summed E-state index contributed by atoms with van der Waals surface area (Å²) in [5, 5.41) is 0. The number of hydrogen-bond acceptors (Lipinski definition) is 2. The monoisotopic (exact) mass is 287 g/mol. The predicted octanol–water partition coefficient (Wildman–Crippen LogP) is 1.92. The Labute approximate surface area is 105 Å². The van der Waals surface area contributed by atoms with Crippen LogP contribution in [0.25, 0.3) is 0 Å². The van der Waals surface area contributed by atoms with Gasteiger partial charge < -0.3 is 0 Å². The zero-order valence-electron chi connectivity index (χ0n) is 10.4. The number of quaternary nitrogens is 1. The van der Waals surface area contributed by atoms with Crippen LogP contribution in [0.5, 0.6) is 0 Å². The smallest absolute Gasteiger partial charge is 0.278 e. The summed E-state index contributed by atoms with van der Waals surface area (Å²) in [4.78, 5) is 0. The van der Waals surface area contributed by atoms with E-state index in [9.17, 15) is 21.6 Å². The van der Waals surface area contributed by atoms with Crippen molar-refractivity contribution < 1.29 is 26.1 Å². The topological polar surface area (TPSA) is 46.2 Å². The van der Waals surface area contributed by atoms with E-state index >= 15 is 0 Å². The van der Waals surface area contributed by atoms with Crippen molar-refractivity contribution in [3.63, 3.8) is 0 Å². The van der Waals surface area contributed by atoms with Crippen molar-refractivity contribution in [2.75, 3.05) is 20.1 Å². The number of unbranched alkanes of at least 4 members (excludes halogenated alkanes) is 1. The lowest BCUT2D eigenvalue weighted by Crippen LogP contribution is -2.49. The van der Waals surface area contributed by atoms with E-state index in [0.29, 0.717) is 19.5 Å². The summed E-state index contributed by atoms with van der Waals surface area (Å²) in [7, 11) is -3.57. The molecule has 1 heterocycles. The minimum absolute atomic E-state index is 0.126. The molecule has 1 unspecified atom stereocenters. The Balaban J connectivity index is 2.84. The molecule has 0 aromatic rings. The third-order valence-corrected chi connectivity index (χ3v) is 4.18. The molecule has 0 aromatic heterocycles. The second-order valence-corrected chi connectivity index (χ2v) is 6.30. The van der Waals surface area contributed by atoms with E-state index in [1.54, 1.807) is 11.8 Å². The zero-order valence-corrected chi connectivity index (χ0v) is 11.2. The first kappa shape index (κ1) is 15.3. The quantitative estimate of drug-likeness (QED) is 0.785. The molecular formula is C10H18F3N2O2S+. The van der Waals surface area contributed by atoms with Gasteiger partial charge in [-0.05, 0) is 6.42 Å². The molecule has 1 aliphatic rings. The van der Waals surface area contributed by atoms with Gasteiger partial charge in [0.1, 0.15) is 0 Å². The van der Waals surface area contributed by atoms with Crippen molar-refractivity contribution in [1.29, 1.82) is 0 Å². The fourth-order valence-electron chi connectivity index (χ4n) is 1.91. The summed E-state index contributed by atoms with van der Waals surface area (Å²) in [5.41, 5.74) is -5.27. The van der Waals surface area contributed by atoms with E-state index < -0.39 is 15.5 Å². The maximum atomic E-state index is 12.3. The number of hydrogen-bond donors (Lipinski definition) is 1. The van der Waals surface area contributed by atoms with Crippen LogP contribution in [-0.4, -0.2) is 38.5 Å². The molecule has 1 N–H and O–H groups in total. The lowest BCUT2D eigenvalue weighted by molar-refractivity contribution is -0.869. The molecule has 0 spiro atoms. The first-order chi connectivity index (χ1) is 8.12. The second-order valence-electron chi connectivity index (χ2n) is 4.63. The van der Waals surface area contributed by atoms with Gasteiger partial charge in [-0.25, -0.2) is 4.72 Å². The number of nitrogens with zero attached hydrogens (tertiary/aromatic N) is 1. The summed E-state index contributed by atoms with van der Waals surface area (Å²) in [6.07, 6.45) is 3.85. The lowest BCUT2D eigenvalue weighted by Gasteiger charge is -2.32. The lowest BCUT2D eigenvalue weighted by atomic mass is 10.3. The van der Waals surface area contributed by atoms with E-state index in [-0.39, 0.29) is 10.3 Å². The third kappa shape index (κ3) is 3.17. The number of halogens is 3. The van der Waals surface area contributed by atoms with Gasteiger partial charge in [-0.15, -0.1) is 0 Å². The highest BCUT2D eigenvalue weighted by atomic mass is 32.2. The maximum Gasteiger partial charge on any atom is 0.516 e. The minimum atomic E-state index is -5.31. The van der Waals surface area contributed by atoms with Gasteiger partial charge in [0, 0.05) is 12.5 Å². The number of rotatable bonds is 5. The highest BCUT2D eigenvalue weighted by Gasteiger charge is 2.49. The summed E-state index contributed by atoms with van der Waals surface area (Å²) >= 11 is 0. The molecule has 0 aromatic carbocycles. The summed E-state index contributed by atoms with van der Waals surface area (Å²) in [6, 6.07) is 0. The Morgan fingerprint density at radius 3 is 2.56 bits per heavy atom. The second kappa shape index (κ2) is 5.08. The van der Waals surface area contributed by atoms with E-state index in [2.05, 4.69) is 0 Å². The maximum absolute atomic E-state index is 12.3. The molecule has 1 atom stereocenters. The Hall–Kier alpha value is -0.760. The van der Waals surface area contributed by atoms with E-state index in [0.717, 1.165) is 12.8 Å². The van der Waals surface area contributed by atoms with Crippen molar-refractivity contribution in [2.24, 2.45) is 0 Å². The highest BCUT2D eigenvalue weighted by Crippen LogP contribution is 2.27. The van der Waals surface area contributed by atoms with Gasteiger partial charge in [-0.3, -0.25) is 4.48 Å². The van der Waals surface area contributed by atoms with Crippen molar-refractivity contribution in [1.82, 2.24) is 4.72 Å². The summed E-state index contributed by atoms with van der Waals surface area (Å²) in [6.45, 7) is 3.23. The Kier molecular flexibility index (Phi) is 4.32. The number of alkyl halides is 3. The Morgan fingerprint density at radius 1 is 1.44 bits per heavy atom. The molecule has 0 radical (unpaired) electrons. The first-order valence-corrected chi connectivity index (χ1v) is 7.25. The standard InChI is InChI=1S/C10H18F3N2O2S/c1-3-4-7-15(2)8-5-6-9(15)14-18(16,17)10(11,12)13/h6,14H,3-5,7-8H2,1-2H3/q+1. The van der Waals surface area contributed by atoms with Crippen LogP contribution in [0, 0.1) is 0 Å². The number of nitrogens with one attached hydrogen (secondary N) is 1.